The number of rotatable bonds is 3. The molecule has 1 aliphatic carbocycles. The molecule has 2 heteroatoms. The Bertz CT molecular complexity index is 201. The molecule has 2 fully saturated rings. The van der Waals surface area contributed by atoms with E-state index >= 15 is 0 Å². The summed E-state index contributed by atoms with van der Waals surface area (Å²) >= 11 is 0. The van der Waals surface area contributed by atoms with Gasteiger partial charge in [-0.2, -0.15) is 0 Å². The van der Waals surface area contributed by atoms with E-state index in [9.17, 15) is 0 Å². The maximum Gasteiger partial charge on any atom is 0.0246 e. The topological polar surface area (TPSA) is 29.3 Å². The Morgan fingerprint density at radius 3 is 2.12 bits per heavy atom. The van der Waals surface area contributed by atoms with Gasteiger partial charge in [-0.15, -0.1) is 0 Å². The highest BCUT2D eigenvalue weighted by atomic mass is 15.2. The van der Waals surface area contributed by atoms with Crippen LogP contribution in [0.15, 0.2) is 0 Å². The van der Waals surface area contributed by atoms with Gasteiger partial charge < -0.3 is 5.73 Å². The van der Waals surface area contributed by atoms with Gasteiger partial charge in [0.2, 0.25) is 0 Å². The Hall–Kier alpha value is -0.0800. The minimum absolute atomic E-state index is 0.674. The van der Waals surface area contributed by atoms with E-state index < -0.39 is 0 Å². The minimum atomic E-state index is 0.674. The molecule has 94 valence electrons. The molecule has 2 aliphatic rings. The van der Waals surface area contributed by atoms with Gasteiger partial charge in [0.25, 0.3) is 0 Å². The van der Waals surface area contributed by atoms with Crippen LogP contribution in [0.5, 0.6) is 0 Å². The summed E-state index contributed by atoms with van der Waals surface area (Å²) in [5.41, 5.74) is 6.03. The van der Waals surface area contributed by atoms with Crippen LogP contribution in [0, 0.1) is 17.8 Å². The second-order valence-corrected chi connectivity index (χ2v) is 6.11. The first-order chi connectivity index (χ1) is 7.72. The van der Waals surface area contributed by atoms with Crippen molar-refractivity contribution < 1.29 is 0 Å². The van der Waals surface area contributed by atoms with E-state index in [2.05, 4.69) is 18.7 Å². The average molecular weight is 224 g/mol. The molecule has 3 unspecified atom stereocenters. The zero-order chi connectivity index (χ0) is 11.5. The van der Waals surface area contributed by atoms with E-state index in [1.807, 2.05) is 0 Å². The van der Waals surface area contributed by atoms with Gasteiger partial charge in [-0.05, 0) is 30.6 Å². The average Bonchev–Trinajstić information content (AvgIpc) is 2.61. The van der Waals surface area contributed by atoms with Gasteiger partial charge >= 0.3 is 0 Å². The Morgan fingerprint density at radius 2 is 1.62 bits per heavy atom. The quantitative estimate of drug-likeness (QED) is 0.798. The molecule has 0 aromatic heterocycles. The van der Waals surface area contributed by atoms with Gasteiger partial charge in [0.15, 0.2) is 0 Å². The molecule has 0 bridgehead atoms. The van der Waals surface area contributed by atoms with Gasteiger partial charge in [-0.25, -0.2) is 0 Å². The first-order valence-corrected chi connectivity index (χ1v) is 7.16. The van der Waals surface area contributed by atoms with E-state index in [4.69, 9.17) is 5.73 Å². The number of nitrogens with zero attached hydrogens (tertiary/aromatic N) is 1. The van der Waals surface area contributed by atoms with Crippen LogP contribution >= 0.6 is 0 Å². The summed E-state index contributed by atoms with van der Waals surface area (Å²) in [5, 5.41) is 0. The Balaban J connectivity index is 1.93. The zero-order valence-corrected chi connectivity index (χ0v) is 11.0. The van der Waals surface area contributed by atoms with Crippen molar-refractivity contribution in [2.75, 3.05) is 19.6 Å². The molecule has 0 radical (unpaired) electrons. The van der Waals surface area contributed by atoms with Gasteiger partial charge in [0.1, 0.15) is 0 Å². The van der Waals surface area contributed by atoms with Gasteiger partial charge in [-0.3, -0.25) is 4.90 Å². The van der Waals surface area contributed by atoms with Crippen LogP contribution < -0.4 is 5.73 Å². The molecule has 1 saturated heterocycles. The van der Waals surface area contributed by atoms with Crippen molar-refractivity contribution in [1.29, 1.82) is 0 Å². The minimum Gasteiger partial charge on any atom is -0.329 e. The number of hydrogen-bond acceptors (Lipinski definition) is 2. The summed E-state index contributed by atoms with van der Waals surface area (Å²) in [6, 6.07) is 0.674. The molecule has 1 heterocycles. The molecule has 0 amide bonds. The highest BCUT2D eigenvalue weighted by Crippen LogP contribution is 2.32. The molecule has 0 spiro atoms. The van der Waals surface area contributed by atoms with Crippen molar-refractivity contribution in [3.8, 4) is 0 Å². The molecule has 1 saturated carbocycles. The fourth-order valence-electron chi connectivity index (χ4n) is 3.60. The number of nitrogens with two attached hydrogens (primary N) is 1. The van der Waals surface area contributed by atoms with Crippen molar-refractivity contribution >= 4 is 0 Å². The molecule has 16 heavy (non-hydrogen) atoms. The van der Waals surface area contributed by atoms with E-state index in [0.29, 0.717) is 6.04 Å². The van der Waals surface area contributed by atoms with E-state index in [1.165, 1.54) is 45.2 Å². The lowest BCUT2D eigenvalue weighted by molar-refractivity contribution is 0.142. The van der Waals surface area contributed by atoms with Gasteiger partial charge in [0, 0.05) is 25.7 Å². The molecular formula is C14H28N2. The molecule has 0 aromatic carbocycles. The highest BCUT2D eigenvalue weighted by Gasteiger charge is 2.34. The summed E-state index contributed by atoms with van der Waals surface area (Å²) in [6.07, 6.45) is 7.14. The Morgan fingerprint density at radius 1 is 1.06 bits per heavy atom. The summed E-state index contributed by atoms with van der Waals surface area (Å²) in [5.74, 6) is 2.60. The third-order valence-electron chi connectivity index (χ3n) is 4.92. The summed E-state index contributed by atoms with van der Waals surface area (Å²) < 4.78 is 0. The van der Waals surface area contributed by atoms with Crippen molar-refractivity contribution in [3.63, 3.8) is 0 Å². The maximum absolute atomic E-state index is 6.03. The monoisotopic (exact) mass is 224 g/mol. The van der Waals surface area contributed by atoms with Crippen molar-refractivity contribution in [2.24, 2.45) is 23.5 Å². The molecule has 2 N–H and O–H groups in total. The molecule has 2 nitrogen and oxygen atoms in total. The largest absolute Gasteiger partial charge is 0.329 e. The predicted octanol–water partition coefficient (Wildman–Crippen LogP) is 2.48. The maximum atomic E-state index is 6.03. The summed E-state index contributed by atoms with van der Waals surface area (Å²) in [7, 11) is 0. The van der Waals surface area contributed by atoms with Crippen LogP contribution in [-0.2, 0) is 0 Å². The number of likely N-dealkylation sites (tertiary alicyclic amines) is 1. The predicted molar refractivity (Wildman–Crippen MR) is 69.3 cm³/mol. The Labute approximate surface area is 101 Å². The first-order valence-electron chi connectivity index (χ1n) is 7.16. The van der Waals surface area contributed by atoms with Crippen LogP contribution in [0.3, 0.4) is 0 Å². The third-order valence-corrected chi connectivity index (χ3v) is 4.92. The fraction of sp³-hybridized carbons (Fsp3) is 1.00. The molecule has 3 atom stereocenters. The lowest BCUT2D eigenvalue weighted by Crippen LogP contribution is -2.45. The lowest BCUT2D eigenvalue weighted by Gasteiger charge is -2.36. The van der Waals surface area contributed by atoms with Crippen LogP contribution in [0.4, 0.5) is 0 Å². The van der Waals surface area contributed by atoms with Gasteiger partial charge in [0.05, 0.1) is 0 Å². The van der Waals surface area contributed by atoms with E-state index in [0.717, 1.165) is 24.3 Å². The number of hydrogen-bond donors (Lipinski definition) is 1. The van der Waals surface area contributed by atoms with Crippen molar-refractivity contribution in [1.82, 2.24) is 4.90 Å². The fourth-order valence-corrected chi connectivity index (χ4v) is 3.60. The second kappa shape index (κ2) is 5.50. The van der Waals surface area contributed by atoms with E-state index in [-0.39, 0.29) is 0 Å². The second-order valence-electron chi connectivity index (χ2n) is 6.11. The van der Waals surface area contributed by atoms with Crippen LogP contribution in [0.2, 0.25) is 0 Å². The van der Waals surface area contributed by atoms with Crippen LogP contribution in [-0.4, -0.2) is 30.6 Å². The molecule has 0 aromatic rings. The zero-order valence-electron chi connectivity index (χ0n) is 11.0. The van der Waals surface area contributed by atoms with Crippen molar-refractivity contribution in [2.45, 2.75) is 52.0 Å². The third kappa shape index (κ3) is 2.60. The SMILES string of the molecule is CC1CN(C(CN)C2CCCCC2)CC1C. The first kappa shape index (κ1) is 12.4. The van der Waals surface area contributed by atoms with Crippen LogP contribution in [0.1, 0.15) is 46.0 Å². The lowest BCUT2D eigenvalue weighted by atomic mass is 9.83. The van der Waals surface area contributed by atoms with Gasteiger partial charge in [-0.1, -0.05) is 33.1 Å². The van der Waals surface area contributed by atoms with E-state index in [1.54, 1.807) is 0 Å². The highest BCUT2D eigenvalue weighted by molar-refractivity contribution is 4.88. The van der Waals surface area contributed by atoms with Crippen molar-refractivity contribution in [3.05, 3.63) is 0 Å². The Kier molecular flexibility index (Phi) is 4.26. The molecule has 2 rings (SSSR count). The summed E-state index contributed by atoms with van der Waals surface area (Å²) in [6.45, 7) is 8.20. The van der Waals surface area contributed by atoms with Crippen LogP contribution in [0.25, 0.3) is 0 Å². The standard InChI is InChI=1S/C14H28N2/c1-11-9-16(10-12(11)2)14(8-15)13-6-4-3-5-7-13/h11-14H,3-10,15H2,1-2H3. The smallest absolute Gasteiger partial charge is 0.0246 e. The molecule has 1 aliphatic heterocycles. The summed E-state index contributed by atoms with van der Waals surface area (Å²) in [4.78, 5) is 2.69. The molecular weight excluding hydrogens is 196 g/mol. The normalized spacial score (nSPS) is 35.4.